The van der Waals surface area contributed by atoms with E-state index in [-0.39, 0.29) is 11.4 Å². The van der Waals surface area contributed by atoms with Gasteiger partial charge in [-0.2, -0.15) is 0 Å². The fraction of sp³-hybridized carbons (Fsp3) is 0.296. The van der Waals surface area contributed by atoms with Crippen molar-refractivity contribution in [2.24, 2.45) is 0 Å². The first-order chi connectivity index (χ1) is 17.7. The third-order valence-corrected chi connectivity index (χ3v) is 5.83. The molecule has 3 aromatic rings. The lowest BCUT2D eigenvalue weighted by atomic mass is 10.0. The zero-order chi connectivity index (χ0) is 26.9. The van der Waals surface area contributed by atoms with Gasteiger partial charge in [0.1, 0.15) is 17.9 Å². The molecule has 3 rings (SSSR count). The van der Waals surface area contributed by atoms with Crippen LogP contribution in [0.3, 0.4) is 0 Å². The third kappa shape index (κ3) is 7.27. The van der Waals surface area contributed by atoms with Crippen LogP contribution >= 0.6 is 23.2 Å². The lowest BCUT2D eigenvalue weighted by Crippen LogP contribution is -2.42. The molecule has 0 spiro atoms. The summed E-state index contributed by atoms with van der Waals surface area (Å²) >= 11 is 12.3. The van der Waals surface area contributed by atoms with Crippen LogP contribution in [0.5, 0.6) is 17.2 Å². The van der Waals surface area contributed by atoms with Gasteiger partial charge in [-0.1, -0.05) is 53.5 Å². The number of pyridine rings is 1. The van der Waals surface area contributed by atoms with E-state index in [1.165, 1.54) is 20.2 Å². The summed E-state index contributed by atoms with van der Waals surface area (Å²) in [6.45, 7) is 5.29. The normalized spacial score (nSPS) is 13.1. The van der Waals surface area contributed by atoms with Gasteiger partial charge in [-0.05, 0) is 44.5 Å². The molecule has 8 nitrogen and oxygen atoms in total. The smallest absolute Gasteiger partial charge is 0.328 e. The van der Waals surface area contributed by atoms with Gasteiger partial charge in [0.2, 0.25) is 0 Å². The van der Waals surface area contributed by atoms with Crippen LogP contribution < -0.4 is 19.5 Å². The molecule has 0 saturated carbocycles. The molecule has 1 amide bonds. The molecule has 0 aliphatic carbocycles. The Hall–Kier alpha value is -3.49. The maximum Gasteiger partial charge on any atom is 0.328 e. The largest absolute Gasteiger partial charge is 0.493 e. The molecule has 0 unspecified atom stereocenters. The number of amides is 1. The Kier molecular flexibility index (Phi) is 10.00. The molecule has 0 radical (unpaired) electrons. The van der Waals surface area contributed by atoms with Gasteiger partial charge in [0.25, 0.3) is 5.91 Å². The molecule has 2 aromatic carbocycles. The van der Waals surface area contributed by atoms with Crippen LogP contribution in [-0.4, -0.2) is 42.7 Å². The van der Waals surface area contributed by atoms with Crippen molar-refractivity contribution < 1.29 is 28.5 Å². The number of hydrogen-bond acceptors (Lipinski definition) is 7. The van der Waals surface area contributed by atoms with Gasteiger partial charge < -0.3 is 24.3 Å². The van der Waals surface area contributed by atoms with Crippen LogP contribution in [-0.2, 0) is 9.53 Å². The van der Waals surface area contributed by atoms with Crippen LogP contribution in [0.1, 0.15) is 42.9 Å². The molecule has 1 aromatic heterocycles. The van der Waals surface area contributed by atoms with Crippen LogP contribution in [0.2, 0.25) is 10.0 Å². The molecule has 1 heterocycles. The standard InChI is InChI=1S/C27H28Cl2N2O6/c1-5-35-25-22(34-4)13-14-30-23(25)26(32)31-16(2)27(33)36-17(3)24(18-9-7-6-8-10-18)37-21-12-11-19(28)15-20(21)29/h6-17,24H,5H2,1-4H3,(H,31,32)/t16-,17-,24-/m0/s1. The van der Waals surface area contributed by atoms with E-state index in [0.29, 0.717) is 28.2 Å². The summed E-state index contributed by atoms with van der Waals surface area (Å²) in [6, 6.07) is 14.7. The van der Waals surface area contributed by atoms with Crippen molar-refractivity contribution in [2.75, 3.05) is 13.7 Å². The second-order valence-electron chi connectivity index (χ2n) is 7.98. The number of ether oxygens (including phenoxy) is 4. The fourth-order valence-electron chi connectivity index (χ4n) is 3.49. The minimum Gasteiger partial charge on any atom is -0.493 e. The molecule has 1 N–H and O–H groups in total. The lowest BCUT2D eigenvalue weighted by Gasteiger charge is -2.27. The Labute approximate surface area is 225 Å². The van der Waals surface area contributed by atoms with E-state index >= 15 is 0 Å². The van der Waals surface area contributed by atoms with Gasteiger partial charge in [-0.15, -0.1) is 0 Å². The van der Waals surface area contributed by atoms with Crippen LogP contribution in [0, 0.1) is 0 Å². The number of carbonyl (C=O) groups excluding carboxylic acids is 2. The van der Waals surface area contributed by atoms with Gasteiger partial charge in [0, 0.05) is 17.3 Å². The molecule has 0 fully saturated rings. The Balaban J connectivity index is 1.74. The SMILES string of the molecule is CCOc1c(OC)ccnc1C(=O)N[C@@H](C)C(=O)O[C@@H](C)[C@H](Oc1ccc(Cl)cc1Cl)c1ccccc1. The van der Waals surface area contributed by atoms with Crippen molar-refractivity contribution in [2.45, 2.75) is 39.0 Å². The lowest BCUT2D eigenvalue weighted by molar-refractivity contribution is -0.154. The second-order valence-corrected chi connectivity index (χ2v) is 8.83. The topological polar surface area (TPSA) is 96.0 Å². The van der Waals surface area contributed by atoms with Crippen molar-refractivity contribution in [3.05, 3.63) is 82.1 Å². The Morgan fingerprint density at radius 2 is 1.76 bits per heavy atom. The zero-order valence-corrected chi connectivity index (χ0v) is 22.4. The Bertz CT molecular complexity index is 1220. The molecule has 0 saturated heterocycles. The summed E-state index contributed by atoms with van der Waals surface area (Å²) in [7, 11) is 1.46. The molecule has 10 heteroatoms. The minimum atomic E-state index is -0.993. The van der Waals surface area contributed by atoms with Gasteiger partial charge in [0.15, 0.2) is 23.3 Å². The van der Waals surface area contributed by atoms with Crippen molar-refractivity contribution in [3.8, 4) is 17.2 Å². The van der Waals surface area contributed by atoms with Gasteiger partial charge in [0.05, 0.1) is 18.7 Å². The molecule has 0 bridgehead atoms. The van der Waals surface area contributed by atoms with E-state index in [1.54, 1.807) is 38.1 Å². The van der Waals surface area contributed by atoms with E-state index in [9.17, 15) is 9.59 Å². The summed E-state index contributed by atoms with van der Waals surface area (Å²) in [4.78, 5) is 29.9. The number of rotatable bonds is 11. The first kappa shape index (κ1) is 28.1. The number of nitrogens with zero attached hydrogens (tertiary/aromatic N) is 1. The highest BCUT2D eigenvalue weighted by molar-refractivity contribution is 6.35. The highest BCUT2D eigenvalue weighted by atomic mass is 35.5. The average molecular weight is 547 g/mol. The highest BCUT2D eigenvalue weighted by Gasteiger charge is 2.29. The third-order valence-electron chi connectivity index (χ3n) is 5.30. The van der Waals surface area contributed by atoms with Crippen molar-refractivity contribution in [3.63, 3.8) is 0 Å². The molecule has 3 atom stereocenters. The molecule has 37 heavy (non-hydrogen) atoms. The number of hydrogen-bond donors (Lipinski definition) is 1. The van der Waals surface area contributed by atoms with E-state index in [0.717, 1.165) is 5.56 Å². The quantitative estimate of drug-likeness (QED) is 0.309. The first-order valence-electron chi connectivity index (χ1n) is 11.6. The number of benzene rings is 2. The Morgan fingerprint density at radius 1 is 1.03 bits per heavy atom. The van der Waals surface area contributed by atoms with Crippen molar-refractivity contribution >= 4 is 35.1 Å². The summed E-state index contributed by atoms with van der Waals surface area (Å²) in [5.41, 5.74) is 0.768. The van der Waals surface area contributed by atoms with Crippen molar-refractivity contribution in [1.29, 1.82) is 0 Å². The van der Waals surface area contributed by atoms with Crippen LogP contribution in [0.25, 0.3) is 0 Å². The van der Waals surface area contributed by atoms with Gasteiger partial charge in [-0.25, -0.2) is 9.78 Å². The molecular weight excluding hydrogens is 519 g/mol. The van der Waals surface area contributed by atoms with E-state index in [1.807, 2.05) is 30.3 Å². The van der Waals surface area contributed by atoms with E-state index < -0.39 is 30.1 Å². The maximum absolute atomic E-state index is 12.9. The van der Waals surface area contributed by atoms with Crippen LogP contribution in [0.15, 0.2) is 60.8 Å². The van der Waals surface area contributed by atoms with E-state index in [4.69, 9.17) is 42.1 Å². The predicted octanol–water partition coefficient (Wildman–Crippen LogP) is 5.67. The van der Waals surface area contributed by atoms with Gasteiger partial charge in [-0.3, -0.25) is 4.79 Å². The molecule has 0 aliphatic rings. The maximum atomic E-state index is 12.9. The highest BCUT2D eigenvalue weighted by Crippen LogP contribution is 2.34. The number of nitrogens with one attached hydrogen (secondary N) is 1. The number of aromatic nitrogens is 1. The summed E-state index contributed by atoms with van der Waals surface area (Å²) in [5.74, 6) is -0.334. The van der Waals surface area contributed by atoms with Gasteiger partial charge >= 0.3 is 5.97 Å². The zero-order valence-electron chi connectivity index (χ0n) is 20.9. The Morgan fingerprint density at radius 3 is 2.41 bits per heavy atom. The molecular formula is C27H28Cl2N2O6. The average Bonchev–Trinajstić information content (AvgIpc) is 2.88. The van der Waals surface area contributed by atoms with Crippen LogP contribution in [0.4, 0.5) is 0 Å². The fourth-order valence-corrected chi connectivity index (χ4v) is 3.95. The molecule has 0 aliphatic heterocycles. The number of carbonyl (C=O) groups is 2. The van der Waals surface area contributed by atoms with Crippen molar-refractivity contribution in [1.82, 2.24) is 10.3 Å². The summed E-state index contributed by atoms with van der Waals surface area (Å²) in [6.07, 6.45) is -0.00311. The number of halogens is 2. The minimum absolute atomic E-state index is 0.00299. The summed E-state index contributed by atoms with van der Waals surface area (Å²) < 4.78 is 22.7. The summed E-state index contributed by atoms with van der Waals surface area (Å²) in [5, 5.41) is 3.40. The number of esters is 1. The second kappa shape index (κ2) is 13.2. The monoisotopic (exact) mass is 546 g/mol. The number of methoxy groups -OCH3 is 1. The predicted molar refractivity (Wildman–Crippen MR) is 141 cm³/mol. The molecule has 196 valence electrons. The van der Waals surface area contributed by atoms with E-state index in [2.05, 4.69) is 10.3 Å². The first-order valence-corrected chi connectivity index (χ1v) is 12.3.